The molecule has 1 aliphatic rings. The number of alkyl halides is 3. The molecule has 0 radical (unpaired) electrons. The number of hydrogen-bond acceptors (Lipinski definition) is 3. The van der Waals surface area contributed by atoms with Crippen LogP contribution in [0.3, 0.4) is 0 Å². The third kappa shape index (κ3) is 4.74. The second-order valence-corrected chi connectivity index (χ2v) is 6.95. The summed E-state index contributed by atoms with van der Waals surface area (Å²) in [5.41, 5.74) is 0. The summed E-state index contributed by atoms with van der Waals surface area (Å²) in [6.07, 6.45) is -0.194. The van der Waals surface area contributed by atoms with E-state index in [1.165, 1.54) is 0 Å². The average Bonchev–Trinajstić information content (AvgIpc) is 2.22. The molecule has 3 atom stereocenters. The highest BCUT2D eigenvalue weighted by atomic mass is 35.6. The highest BCUT2D eigenvalue weighted by molar-refractivity contribution is 6.68. The van der Waals surface area contributed by atoms with Crippen LogP contribution in [0.5, 0.6) is 0 Å². The maximum atomic E-state index is 11.5. The summed E-state index contributed by atoms with van der Waals surface area (Å²) in [5, 5.41) is 2.75. The first-order valence-electron chi connectivity index (χ1n) is 5.99. The number of carbonyl (C=O) groups excluding carboxylic acids is 1. The van der Waals surface area contributed by atoms with E-state index >= 15 is 0 Å². The van der Waals surface area contributed by atoms with Crippen LogP contribution in [-0.2, 0) is 9.53 Å². The molecule has 0 spiro atoms. The monoisotopic (exact) mass is 316 g/mol. The van der Waals surface area contributed by atoms with E-state index in [4.69, 9.17) is 39.5 Å². The molecule has 1 heterocycles. The Bertz CT molecular complexity index is 287. The quantitative estimate of drug-likeness (QED) is 0.812. The van der Waals surface area contributed by atoms with Crippen molar-refractivity contribution in [3.63, 3.8) is 0 Å². The van der Waals surface area contributed by atoms with Crippen molar-refractivity contribution < 1.29 is 9.53 Å². The van der Waals surface area contributed by atoms with Gasteiger partial charge in [0.15, 0.2) is 0 Å². The van der Waals surface area contributed by atoms with Gasteiger partial charge in [0.1, 0.15) is 6.17 Å². The summed E-state index contributed by atoms with van der Waals surface area (Å²) < 4.78 is 4.06. The molecule has 1 N–H and O–H groups in total. The van der Waals surface area contributed by atoms with Crippen molar-refractivity contribution in [2.24, 2.45) is 0 Å². The first kappa shape index (κ1) is 16.3. The van der Waals surface area contributed by atoms with Gasteiger partial charge in [-0.15, -0.1) is 0 Å². The number of nitrogens with zero attached hydrogens (tertiary/aromatic N) is 1. The Morgan fingerprint density at radius 1 is 1.39 bits per heavy atom. The molecule has 0 aliphatic carbocycles. The molecule has 0 aromatic rings. The third-order valence-electron chi connectivity index (χ3n) is 2.74. The topological polar surface area (TPSA) is 41.6 Å². The molecular formula is C11H19Cl3N2O2. The van der Waals surface area contributed by atoms with Crippen LogP contribution in [-0.4, -0.2) is 46.1 Å². The van der Waals surface area contributed by atoms with Crippen molar-refractivity contribution in [1.82, 2.24) is 10.2 Å². The maximum Gasteiger partial charge on any atom is 0.223 e. The van der Waals surface area contributed by atoms with Gasteiger partial charge in [-0.3, -0.25) is 9.69 Å². The number of rotatable bonds is 3. The molecule has 0 aromatic heterocycles. The van der Waals surface area contributed by atoms with Gasteiger partial charge in [-0.1, -0.05) is 41.7 Å². The summed E-state index contributed by atoms with van der Waals surface area (Å²) in [5.74, 6) is -0.141. The lowest BCUT2D eigenvalue weighted by Crippen LogP contribution is -2.60. The number of halogens is 3. The minimum Gasteiger partial charge on any atom is -0.373 e. The Morgan fingerprint density at radius 2 is 1.89 bits per heavy atom. The Balaban J connectivity index is 2.79. The third-order valence-corrected chi connectivity index (χ3v) is 3.36. The summed E-state index contributed by atoms with van der Waals surface area (Å²) in [7, 11) is 0. The number of nitrogens with one attached hydrogen (secondary N) is 1. The normalized spacial score (nSPS) is 27.9. The zero-order chi connectivity index (χ0) is 13.9. The van der Waals surface area contributed by atoms with Crippen LogP contribution >= 0.6 is 34.8 Å². The van der Waals surface area contributed by atoms with Gasteiger partial charge in [0.2, 0.25) is 9.70 Å². The van der Waals surface area contributed by atoms with E-state index in [1.807, 2.05) is 18.7 Å². The molecule has 0 bridgehead atoms. The van der Waals surface area contributed by atoms with E-state index in [-0.39, 0.29) is 18.1 Å². The molecule has 1 rings (SSSR count). The van der Waals surface area contributed by atoms with E-state index in [0.29, 0.717) is 19.5 Å². The molecule has 18 heavy (non-hydrogen) atoms. The largest absolute Gasteiger partial charge is 0.373 e. The molecular weight excluding hydrogens is 298 g/mol. The van der Waals surface area contributed by atoms with Gasteiger partial charge in [0.05, 0.1) is 12.2 Å². The van der Waals surface area contributed by atoms with Gasteiger partial charge < -0.3 is 10.1 Å². The van der Waals surface area contributed by atoms with Crippen LogP contribution in [0.15, 0.2) is 0 Å². The standard InChI is InChI=1S/C11H19Cl3N2O2/c1-4-9(17)15-10(11(12,13)14)16-5-7(2)18-8(3)6-16/h7-8,10H,4-6H2,1-3H3,(H,15,17)/t7-,8-,10-/m1/s1. The van der Waals surface area contributed by atoms with Crippen molar-refractivity contribution in [1.29, 1.82) is 0 Å². The molecule has 0 aromatic carbocycles. The smallest absolute Gasteiger partial charge is 0.223 e. The Kier molecular flexibility index (Phi) is 6.00. The minimum absolute atomic E-state index is 0.0436. The fraction of sp³-hybridized carbons (Fsp3) is 0.909. The van der Waals surface area contributed by atoms with Gasteiger partial charge in [0.25, 0.3) is 0 Å². The van der Waals surface area contributed by atoms with E-state index < -0.39 is 9.96 Å². The van der Waals surface area contributed by atoms with Crippen LogP contribution in [0.4, 0.5) is 0 Å². The Hall–Kier alpha value is 0.260. The molecule has 4 nitrogen and oxygen atoms in total. The average molecular weight is 318 g/mol. The zero-order valence-corrected chi connectivity index (χ0v) is 13.0. The lowest BCUT2D eigenvalue weighted by Gasteiger charge is -2.42. The minimum atomic E-state index is -1.57. The molecule has 1 fully saturated rings. The highest BCUT2D eigenvalue weighted by Crippen LogP contribution is 2.33. The van der Waals surface area contributed by atoms with Crippen LogP contribution in [0.25, 0.3) is 0 Å². The summed E-state index contributed by atoms with van der Waals surface area (Å²) in [4.78, 5) is 13.5. The molecule has 0 unspecified atom stereocenters. The number of hydrogen-bond donors (Lipinski definition) is 1. The first-order chi connectivity index (χ1) is 8.24. The number of ether oxygens (including phenoxy) is 1. The van der Waals surface area contributed by atoms with E-state index in [2.05, 4.69) is 5.32 Å². The van der Waals surface area contributed by atoms with Gasteiger partial charge in [0, 0.05) is 19.5 Å². The predicted octanol–water partition coefficient (Wildman–Crippen LogP) is 2.32. The summed E-state index contributed by atoms with van der Waals surface area (Å²) >= 11 is 17.9. The molecule has 0 saturated carbocycles. The predicted molar refractivity (Wildman–Crippen MR) is 74.1 cm³/mol. The number of amides is 1. The fourth-order valence-electron chi connectivity index (χ4n) is 2.06. The lowest BCUT2D eigenvalue weighted by molar-refractivity contribution is -0.126. The van der Waals surface area contributed by atoms with Crippen LogP contribution in [0, 0.1) is 0 Å². The Labute approximate surface area is 123 Å². The van der Waals surface area contributed by atoms with Crippen molar-refractivity contribution in [2.45, 2.75) is 49.4 Å². The molecule has 1 saturated heterocycles. The molecule has 7 heteroatoms. The second kappa shape index (κ2) is 6.62. The first-order valence-corrected chi connectivity index (χ1v) is 7.13. The van der Waals surface area contributed by atoms with Crippen molar-refractivity contribution >= 4 is 40.7 Å². The zero-order valence-electron chi connectivity index (χ0n) is 10.8. The van der Waals surface area contributed by atoms with Crippen molar-refractivity contribution in [2.75, 3.05) is 13.1 Å². The number of carbonyl (C=O) groups is 1. The van der Waals surface area contributed by atoms with E-state index in [9.17, 15) is 4.79 Å². The number of morpholine rings is 1. The van der Waals surface area contributed by atoms with Crippen LogP contribution < -0.4 is 5.32 Å². The Morgan fingerprint density at radius 3 is 2.28 bits per heavy atom. The van der Waals surface area contributed by atoms with E-state index in [1.54, 1.807) is 6.92 Å². The fourth-order valence-corrected chi connectivity index (χ4v) is 2.64. The van der Waals surface area contributed by atoms with Gasteiger partial charge >= 0.3 is 0 Å². The van der Waals surface area contributed by atoms with E-state index in [0.717, 1.165) is 0 Å². The maximum absolute atomic E-state index is 11.5. The molecule has 1 amide bonds. The lowest BCUT2D eigenvalue weighted by atomic mass is 10.2. The SMILES string of the molecule is CCC(=O)N[C@H](N1C[C@@H](C)O[C@H](C)C1)C(Cl)(Cl)Cl. The highest BCUT2D eigenvalue weighted by Gasteiger charge is 2.40. The van der Waals surface area contributed by atoms with Gasteiger partial charge in [-0.25, -0.2) is 0 Å². The van der Waals surface area contributed by atoms with Crippen LogP contribution in [0.2, 0.25) is 0 Å². The molecule has 106 valence electrons. The van der Waals surface area contributed by atoms with Crippen molar-refractivity contribution in [3.05, 3.63) is 0 Å². The second-order valence-electron chi connectivity index (χ2n) is 4.58. The van der Waals surface area contributed by atoms with Crippen LogP contribution in [0.1, 0.15) is 27.2 Å². The summed E-state index contributed by atoms with van der Waals surface area (Å²) in [6, 6.07) is 0. The molecule has 1 aliphatic heterocycles. The van der Waals surface area contributed by atoms with Gasteiger partial charge in [-0.05, 0) is 13.8 Å². The van der Waals surface area contributed by atoms with Crippen molar-refractivity contribution in [3.8, 4) is 0 Å². The van der Waals surface area contributed by atoms with Gasteiger partial charge in [-0.2, -0.15) is 0 Å². The summed E-state index contributed by atoms with van der Waals surface area (Å²) in [6.45, 7) is 6.91.